The monoisotopic (exact) mass is 253 g/mol. The van der Waals surface area contributed by atoms with E-state index in [9.17, 15) is 4.79 Å². The Balaban J connectivity index is 1.81. The number of nitrogens with one attached hydrogen (secondary N) is 2. The molecule has 0 aliphatic carbocycles. The molecule has 2 heterocycles. The van der Waals surface area contributed by atoms with Crippen LogP contribution in [0.5, 0.6) is 0 Å². The van der Waals surface area contributed by atoms with E-state index in [1.54, 1.807) is 6.20 Å². The van der Waals surface area contributed by atoms with Crippen molar-refractivity contribution in [3.63, 3.8) is 0 Å². The Kier molecular flexibility index (Phi) is 4.50. The Morgan fingerprint density at radius 1 is 1.71 bits per heavy atom. The molecule has 1 atom stereocenters. The molecule has 94 valence electrons. The molecule has 1 aliphatic rings. The van der Waals surface area contributed by atoms with Crippen molar-refractivity contribution >= 4 is 17.2 Å². The van der Waals surface area contributed by atoms with Crippen molar-refractivity contribution in [1.29, 1.82) is 0 Å². The summed E-state index contributed by atoms with van der Waals surface area (Å²) in [7, 11) is 0. The van der Waals surface area contributed by atoms with E-state index >= 15 is 0 Å². The minimum atomic E-state index is 0.0125. The van der Waals surface area contributed by atoms with Gasteiger partial charge < -0.3 is 10.6 Å². The molecule has 1 fully saturated rings. The van der Waals surface area contributed by atoms with Crippen LogP contribution in [0.1, 0.15) is 40.9 Å². The van der Waals surface area contributed by atoms with Gasteiger partial charge in [0.05, 0.1) is 11.2 Å². The van der Waals surface area contributed by atoms with Crippen molar-refractivity contribution in [2.45, 2.75) is 38.6 Å². The predicted molar refractivity (Wildman–Crippen MR) is 69.5 cm³/mol. The van der Waals surface area contributed by atoms with Crippen LogP contribution in [0.15, 0.2) is 6.20 Å². The highest BCUT2D eigenvalue weighted by atomic mass is 32.1. The van der Waals surface area contributed by atoms with Gasteiger partial charge in [0.1, 0.15) is 4.88 Å². The van der Waals surface area contributed by atoms with Crippen molar-refractivity contribution in [1.82, 2.24) is 15.6 Å². The smallest absolute Gasteiger partial charge is 0.263 e. The average molecular weight is 253 g/mol. The largest absolute Gasteiger partial charge is 0.350 e. The Labute approximate surface area is 106 Å². The Hall–Kier alpha value is -0.940. The summed E-state index contributed by atoms with van der Waals surface area (Å²) in [5, 5.41) is 7.38. The van der Waals surface area contributed by atoms with E-state index in [0.29, 0.717) is 6.04 Å². The maximum Gasteiger partial charge on any atom is 0.263 e. The van der Waals surface area contributed by atoms with Gasteiger partial charge in [-0.1, -0.05) is 6.92 Å². The lowest BCUT2D eigenvalue weighted by atomic mass is 10.2. The summed E-state index contributed by atoms with van der Waals surface area (Å²) in [6, 6.07) is 0.446. The zero-order valence-corrected chi connectivity index (χ0v) is 11.0. The molecule has 4 nitrogen and oxygen atoms in total. The van der Waals surface area contributed by atoms with Crippen LogP contribution >= 0.6 is 11.3 Å². The number of hydrogen-bond donors (Lipinski definition) is 2. The molecule has 2 rings (SSSR count). The second kappa shape index (κ2) is 6.12. The van der Waals surface area contributed by atoms with Gasteiger partial charge in [-0.2, -0.15) is 0 Å². The highest BCUT2D eigenvalue weighted by Gasteiger charge is 2.16. The van der Waals surface area contributed by atoms with Gasteiger partial charge in [0.15, 0.2) is 0 Å². The van der Waals surface area contributed by atoms with Gasteiger partial charge in [0, 0.05) is 12.6 Å². The van der Waals surface area contributed by atoms with Crippen molar-refractivity contribution < 1.29 is 4.79 Å². The molecule has 0 bridgehead atoms. The SMILES string of the molecule is CCCc1ncc(C(=O)NCC2CCCN2)s1. The molecule has 1 amide bonds. The molecule has 0 saturated carbocycles. The van der Waals surface area contributed by atoms with Gasteiger partial charge >= 0.3 is 0 Å². The van der Waals surface area contributed by atoms with Crippen LogP contribution < -0.4 is 10.6 Å². The van der Waals surface area contributed by atoms with Crippen molar-refractivity contribution in [3.05, 3.63) is 16.1 Å². The summed E-state index contributed by atoms with van der Waals surface area (Å²) >= 11 is 1.50. The maximum atomic E-state index is 11.9. The second-order valence-electron chi connectivity index (χ2n) is 4.37. The van der Waals surface area contributed by atoms with Crippen LogP contribution in [0.25, 0.3) is 0 Å². The maximum absolute atomic E-state index is 11.9. The average Bonchev–Trinajstić information content (AvgIpc) is 2.97. The topological polar surface area (TPSA) is 54.0 Å². The molecule has 1 aliphatic heterocycles. The van der Waals surface area contributed by atoms with Crippen molar-refractivity contribution in [3.8, 4) is 0 Å². The van der Waals surface area contributed by atoms with Crippen LogP contribution in [-0.2, 0) is 6.42 Å². The standard InChI is InChI=1S/C12H19N3OS/c1-2-4-11-14-8-10(17-11)12(16)15-7-9-5-3-6-13-9/h8-9,13H,2-7H2,1H3,(H,15,16). The van der Waals surface area contributed by atoms with E-state index < -0.39 is 0 Å². The third-order valence-electron chi connectivity index (χ3n) is 2.91. The summed E-state index contributed by atoms with van der Waals surface area (Å²) in [6.45, 7) is 3.91. The molecule has 17 heavy (non-hydrogen) atoms. The molecule has 0 radical (unpaired) electrons. The Morgan fingerprint density at radius 3 is 3.29 bits per heavy atom. The fourth-order valence-electron chi connectivity index (χ4n) is 1.98. The summed E-state index contributed by atoms with van der Waals surface area (Å²) in [5.41, 5.74) is 0. The molecule has 1 saturated heterocycles. The van der Waals surface area contributed by atoms with Crippen LogP contribution in [0.3, 0.4) is 0 Å². The van der Waals surface area contributed by atoms with Crippen LogP contribution in [0, 0.1) is 0 Å². The van der Waals surface area contributed by atoms with Gasteiger partial charge in [0.2, 0.25) is 0 Å². The molecule has 0 aromatic carbocycles. The molecule has 1 aromatic rings. The first-order valence-corrected chi connectivity index (χ1v) is 7.07. The molecule has 2 N–H and O–H groups in total. The summed E-state index contributed by atoms with van der Waals surface area (Å²) in [6.07, 6.45) is 6.08. The summed E-state index contributed by atoms with van der Waals surface area (Å²) in [5.74, 6) is 0.0125. The molecule has 1 unspecified atom stereocenters. The number of thiazole rings is 1. The first kappa shape index (κ1) is 12.5. The number of amides is 1. The van der Waals surface area contributed by atoms with E-state index in [0.717, 1.165) is 42.2 Å². The van der Waals surface area contributed by atoms with Crippen molar-refractivity contribution in [2.24, 2.45) is 0 Å². The van der Waals surface area contributed by atoms with E-state index in [1.807, 2.05) is 0 Å². The predicted octanol–water partition coefficient (Wildman–Crippen LogP) is 1.58. The van der Waals surface area contributed by atoms with E-state index in [1.165, 1.54) is 17.8 Å². The number of carbonyl (C=O) groups excluding carboxylic acids is 1. The lowest BCUT2D eigenvalue weighted by Gasteiger charge is -2.10. The quantitative estimate of drug-likeness (QED) is 0.837. The van der Waals surface area contributed by atoms with Gasteiger partial charge in [-0.15, -0.1) is 11.3 Å². The lowest BCUT2D eigenvalue weighted by molar-refractivity contribution is 0.0954. The van der Waals surface area contributed by atoms with Crippen LogP contribution in [0.4, 0.5) is 0 Å². The van der Waals surface area contributed by atoms with E-state index in [4.69, 9.17) is 0 Å². The molecule has 5 heteroatoms. The first-order valence-electron chi connectivity index (χ1n) is 6.26. The molecule has 1 aromatic heterocycles. The Morgan fingerprint density at radius 2 is 2.59 bits per heavy atom. The first-order chi connectivity index (χ1) is 8.29. The molecular formula is C12H19N3OS. The number of nitrogens with zero attached hydrogens (tertiary/aromatic N) is 1. The number of carbonyl (C=O) groups is 1. The van der Waals surface area contributed by atoms with Gasteiger partial charge in [-0.05, 0) is 32.2 Å². The fourth-order valence-corrected chi connectivity index (χ4v) is 2.91. The summed E-state index contributed by atoms with van der Waals surface area (Å²) < 4.78 is 0. The molecule has 0 spiro atoms. The van der Waals surface area contributed by atoms with Gasteiger partial charge in [-0.3, -0.25) is 4.79 Å². The zero-order valence-electron chi connectivity index (χ0n) is 10.2. The van der Waals surface area contributed by atoms with Crippen molar-refractivity contribution in [2.75, 3.05) is 13.1 Å². The highest BCUT2D eigenvalue weighted by Crippen LogP contribution is 2.14. The van der Waals surface area contributed by atoms with Crippen LogP contribution in [-0.4, -0.2) is 30.0 Å². The fraction of sp³-hybridized carbons (Fsp3) is 0.667. The lowest BCUT2D eigenvalue weighted by Crippen LogP contribution is -2.36. The van der Waals surface area contributed by atoms with E-state index in [2.05, 4.69) is 22.5 Å². The summed E-state index contributed by atoms with van der Waals surface area (Å²) in [4.78, 5) is 16.8. The highest BCUT2D eigenvalue weighted by molar-refractivity contribution is 7.13. The number of aryl methyl sites for hydroxylation is 1. The second-order valence-corrected chi connectivity index (χ2v) is 5.49. The third-order valence-corrected chi connectivity index (χ3v) is 3.97. The zero-order chi connectivity index (χ0) is 12.1. The number of rotatable bonds is 5. The van der Waals surface area contributed by atoms with Gasteiger partial charge in [-0.25, -0.2) is 4.98 Å². The minimum Gasteiger partial charge on any atom is -0.350 e. The van der Waals surface area contributed by atoms with E-state index in [-0.39, 0.29) is 5.91 Å². The minimum absolute atomic E-state index is 0.0125. The Bertz CT molecular complexity index is 372. The molecular weight excluding hydrogens is 234 g/mol. The normalized spacial score (nSPS) is 19.5. The van der Waals surface area contributed by atoms with Gasteiger partial charge in [0.25, 0.3) is 5.91 Å². The number of aromatic nitrogens is 1. The van der Waals surface area contributed by atoms with Crippen LogP contribution in [0.2, 0.25) is 0 Å². The third kappa shape index (κ3) is 3.51. The number of hydrogen-bond acceptors (Lipinski definition) is 4.